The molecule has 0 aliphatic rings. The van der Waals surface area contributed by atoms with Gasteiger partial charge in [-0.1, -0.05) is 18.2 Å². The van der Waals surface area contributed by atoms with Gasteiger partial charge in [-0.3, -0.25) is 0 Å². The molecular formula is C15H25NO2. The maximum Gasteiger partial charge on any atom is 0.123 e. The Kier molecular flexibility index (Phi) is 7.46. The predicted octanol–water partition coefficient (Wildman–Crippen LogP) is 2.99. The van der Waals surface area contributed by atoms with Gasteiger partial charge in [-0.2, -0.15) is 0 Å². The molecule has 0 atom stereocenters. The number of rotatable bonds is 9. The van der Waals surface area contributed by atoms with Crippen LogP contribution in [0.1, 0.15) is 32.3 Å². The third-order valence-corrected chi connectivity index (χ3v) is 2.71. The Hall–Kier alpha value is -1.06. The van der Waals surface area contributed by atoms with E-state index < -0.39 is 0 Å². The van der Waals surface area contributed by atoms with E-state index in [9.17, 15) is 0 Å². The van der Waals surface area contributed by atoms with Gasteiger partial charge in [0.25, 0.3) is 0 Å². The molecule has 0 heterocycles. The van der Waals surface area contributed by atoms with Gasteiger partial charge >= 0.3 is 0 Å². The van der Waals surface area contributed by atoms with Gasteiger partial charge in [0.15, 0.2) is 0 Å². The third-order valence-electron chi connectivity index (χ3n) is 2.71. The summed E-state index contributed by atoms with van der Waals surface area (Å²) in [7, 11) is 1.71. The number of unbranched alkanes of at least 4 members (excludes halogenated alkanes) is 1. The summed E-state index contributed by atoms with van der Waals surface area (Å²) in [5.74, 6) is 0.952. The smallest absolute Gasteiger partial charge is 0.123 e. The van der Waals surface area contributed by atoms with Crippen molar-refractivity contribution < 1.29 is 9.47 Å². The average Bonchev–Trinajstić information content (AvgIpc) is 2.37. The van der Waals surface area contributed by atoms with Crippen LogP contribution in [0.2, 0.25) is 0 Å². The summed E-state index contributed by atoms with van der Waals surface area (Å²) < 4.78 is 10.8. The summed E-state index contributed by atoms with van der Waals surface area (Å²) >= 11 is 0. The first-order valence-corrected chi connectivity index (χ1v) is 6.68. The molecule has 18 heavy (non-hydrogen) atoms. The number of methoxy groups -OCH3 is 1. The standard InChI is InChI=1S/C15H25NO2/c1-13(2)18-11-7-6-10-16-12-14-8-4-5-9-15(14)17-3/h4-5,8-9,13,16H,6-7,10-12H2,1-3H3. The first-order valence-electron chi connectivity index (χ1n) is 6.68. The molecule has 0 amide bonds. The minimum Gasteiger partial charge on any atom is -0.496 e. The molecular weight excluding hydrogens is 226 g/mol. The molecule has 0 aliphatic heterocycles. The second-order valence-electron chi connectivity index (χ2n) is 4.62. The highest BCUT2D eigenvalue weighted by atomic mass is 16.5. The van der Waals surface area contributed by atoms with E-state index in [2.05, 4.69) is 25.2 Å². The zero-order valence-electron chi connectivity index (χ0n) is 11.7. The van der Waals surface area contributed by atoms with E-state index in [1.165, 1.54) is 5.56 Å². The topological polar surface area (TPSA) is 30.5 Å². The predicted molar refractivity (Wildman–Crippen MR) is 75.0 cm³/mol. The normalized spacial score (nSPS) is 10.9. The molecule has 0 spiro atoms. The maximum absolute atomic E-state index is 5.50. The molecule has 1 aromatic carbocycles. The molecule has 0 fully saturated rings. The highest BCUT2D eigenvalue weighted by molar-refractivity contribution is 5.32. The lowest BCUT2D eigenvalue weighted by Crippen LogP contribution is -2.16. The maximum atomic E-state index is 5.50. The van der Waals surface area contributed by atoms with Crippen molar-refractivity contribution >= 4 is 0 Å². The van der Waals surface area contributed by atoms with Crippen molar-refractivity contribution in [2.24, 2.45) is 0 Å². The van der Waals surface area contributed by atoms with Gasteiger partial charge in [0, 0.05) is 18.7 Å². The van der Waals surface area contributed by atoms with Crippen molar-refractivity contribution in [3.63, 3.8) is 0 Å². The SMILES string of the molecule is COc1ccccc1CNCCCCOC(C)C. The number of hydrogen-bond acceptors (Lipinski definition) is 3. The first kappa shape index (κ1) is 15.0. The molecule has 0 radical (unpaired) electrons. The van der Waals surface area contributed by atoms with Crippen molar-refractivity contribution in [3.05, 3.63) is 29.8 Å². The Morgan fingerprint density at radius 3 is 2.67 bits per heavy atom. The van der Waals surface area contributed by atoms with Crippen LogP contribution in [0.5, 0.6) is 5.75 Å². The van der Waals surface area contributed by atoms with Crippen molar-refractivity contribution in [2.75, 3.05) is 20.3 Å². The van der Waals surface area contributed by atoms with Crippen molar-refractivity contribution in [1.82, 2.24) is 5.32 Å². The zero-order valence-corrected chi connectivity index (χ0v) is 11.7. The molecule has 0 unspecified atom stereocenters. The number of hydrogen-bond donors (Lipinski definition) is 1. The van der Waals surface area contributed by atoms with Crippen molar-refractivity contribution in [3.8, 4) is 5.75 Å². The molecule has 3 heteroatoms. The van der Waals surface area contributed by atoms with Crippen LogP contribution >= 0.6 is 0 Å². The summed E-state index contributed by atoms with van der Waals surface area (Å²) in [6.07, 6.45) is 2.59. The Morgan fingerprint density at radius 1 is 1.17 bits per heavy atom. The second kappa shape index (κ2) is 8.95. The van der Waals surface area contributed by atoms with E-state index in [4.69, 9.17) is 9.47 Å². The Balaban J connectivity index is 2.10. The largest absolute Gasteiger partial charge is 0.496 e. The molecule has 1 N–H and O–H groups in total. The van der Waals surface area contributed by atoms with Crippen molar-refractivity contribution in [1.29, 1.82) is 0 Å². The van der Waals surface area contributed by atoms with Crippen LogP contribution in [0.4, 0.5) is 0 Å². The second-order valence-corrected chi connectivity index (χ2v) is 4.62. The summed E-state index contributed by atoms with van der Waals surface area (Å²) in [6, 6.07) is 8.11. The zero-order chi connectivity index (χ0) is 13.2. The quantitative estimate of drug-likeness (QED) is 0.684. The molecule has 1 aromatic rings. The lowest BCUT2D eigenvalue weighted by Gasteiger charge is -2.10. The van der Waals surface area contributed by atoms with Crippen LogP contribution in [0.3, 0.4) is 0 Å². The fourth-order valence-electron chi connectivity index (χ4n) is 1.74. The van der Waals surface area contributed by atoms with Crippen LogP contribution in [-0.4, -0.2) is 26.4 Å². The van der Waals surface area contributed by atoms with Crippen LogP contribution < -0.4 is 10.1 Å². The van der Waals surface area contributed by atoms with E-state index in [-0.39, 0.29) is 0 Å². The molecule has 3 nitrogen and oxygen atoms in total. The van der Waals surface area contributed by atoms with Gasteiger partial charge in [-0.25, -0.2) is 0 Å². The van der Waals surface area contributed by atoms with Gasteiger partial charge in [-0.05, 0) is 39.3 Å². The van der Waals surface area contributed by atoms with Gasteiger partial charge < -0.3 is 14.8 Å². The third kappa shape index (κ3) is 6.03. The Labute approximate surface area is 110 Å². The summed E-state index contributed by atoms with van der Waals surface area (Å²) in [6.45, 7) is 6.86. The van der Waals surface area contributed by atoms with Gasteiger partial charge in [0.1, 0.15) is 5.75 Å². The number of para-hydroxylation sites is 1. The monoisotopic (exact) mass is 251 g/mol. The van der Waals surface area contributed by atoms with Crippen LogP contribution in [-0.2, 0) is 11.3 Å². The molecule has 0 bridgehead atoms. The molecule has 0 saturated carbocycles. The minimum atomic E-state index is 0.339. The minimum absolute atomic E-state index is 0.339. The van der Waals surface area contributed by atoms with Crippen LogP contribution in [0.15, 0.2) is 24.3 Å². The molecule has 102 valence electrons. The number of ether oxygens (including phenoxy) is 2. The molecule has 0 aromatic heterocycles. The highest BCUT2D eigenvalue weighted by Crippen LogP contribution is 2.16. The summed E-state index contributed by atoms with van der Waals surface area (Å²) in [5, 5.41) is 3.43. The first-order chi connectivity index (χ1) is 8.74. The fraction of sp³-hybridized carbons (Fsp3) is 0.600. The average molecular weight is 251 g/mol. The van der Waals surface area contributed by atoms with Gasteiger partial charge in [-0.15, -0.1) is 0 Å². The Bertz CT molecular complexity index is 326. The van der Waals surface area contributed by atoms with E-state index in [0.717, 1.165) is 38.3 Å². The van der Waals surface area contributed by atoms with E-state index in [1.807, 2.05) is 18.2 Å². The number of nitrogens with one attached hydrogen (secondary N) is 1. The van der Waals surface area contributed by atoms with E-state index >= 15 is 0 Å². The lowest BCUT2D eigenvalue weighted by atomic mass is 10.2. The van der Waals surface area contributed by atoms with Gasteiger partial charge in [0.2, 0.25) is 0 Å². The molecule has 0 saturated heterocycles. The van der Waals surface area contributed by atoms with Crippen LogP contribution in [0, 0.1) is 0 Å². The molecule has 1 rings (SSSR count). The number of benzene rings is 1. The van der Waals surface area contributed by atoms with Crippen LogP contribution in [0.25, 0.3) is 0 Å². The molecule has 0 aliphatic carbocycles. The highest BCUT2D eigenvalue weighted by Gasteiger charge is 2.00. The van der Waals surface area contributed by atoms with Gasteiger partial charge in [0.05, 0.1) is 13.2 Å². The lowest BCUT2D eigenvalue weighted by molar-refractivity contribution is 0.0760. The van der Waals surface area contributed by atoms with E-state index in [1.54, 1.807) is 7.11 Å². The summed E-state index contributed by atoms with van der Waals surface area (Å²) in [5.41, 5.74) is 1.21. The fourth-order valence-corrected chi connectivity index (χ4v) is 1.74. The summed E-state index contributed by atoms with van der Waals surface area (Å²) in [4.78, 5) is 0. The van der Waals surface area contributed by atoms with E-state index in [0.29, 0.717) is 6.10 Å². The van der Waals surface area contributed by atoms with Crippen molar-refractivity contribution in [2.45, 2.75) is 39.3 Å². The Morgan fingerprint density at radius 2 is 1.94 bits per heavy atom.